The Morgan fingerprint density at radius 2 is 0.941 bits per heavy atom. The minimum atomic E-state index is -2.22. The first-order valence-electron chi connectivity index (χ1n) is 14.5. The van der Waals surface area contributed by atoms with Crippen LogP contribution in [0.1, 0.15) is 25.7 Å². The van der Waals surface area contributed by atoms with Gasteiger partial charge in [-0.3, -0.25) is 64.5 Å². The predicted octanol–water partition coefficient (Wildman–Crippen LogP) is 0.0760. The van der Waals surface area contributed by atoms with Crippen LogP contribution >= 0.6 is 47.2 Å². The van der Waals surface area contributed by atoms with Gasteiger partial charge < -0.3 is 28.8 Å². The van der Waals surface area contributed by atoms with Gasteiger partial charge in [0.2, 0.25) is 26.2 Å². The molecule has 294 valence electrons. The highest BCUT2D eigenvalue weighted by Gasteiger charge is 2.52. The van der Waals surface area contributed by atoms with Crippen LogP contribution in [0.25, 0.3) is 0 Å². The van der Waals surface area contributed by atoms with Crippen molar-refractivity contribution < 1.29 is 67.7 Å². The smallest absolute Gasteiger partial charge is 0.313 e. The Morgan fingerprint density at radius 1 is 0.608 bits per heavy atom. The number of rotatable bonds is 23. The van der Waals surface area contributed by atoms with Crippen molar-refractivity contribution in [2.45, 2.75) is 56.4 Å². The molecule has 0 aromatic rings. The minimum Gasteiger partial charge on any atom is -0.463 e. The number of aliphatic hydroxyl groups is 1. The van der Waals surface area contributed by atoms with E-state index in [1.807, 2.05) is 0 Å². The molecule has 51 heavy (non-hydrogen) atoms. The molecule has 5 atom stereocenters. The van der Waals surface area contributed by atoms with Crippen LogP contribution in [-0.2, 0) is 42.9 Å². The molecule has 1 fully saturated rings. The Hall–Kier alpha value is -3.48. The van der Waals surface area contributed by atoms with E-state index in [1.165, 1.54) is 0 Å². The van der Waals surface area contributed by atoms with Gasteiger partial charge in [0, 0.05) is 57.0 Å². The van der Waals surface area contributed by atoms with Crippen LogP contribution in [0.4, 0.5) is 0 Å². The predicted molar refractivity (Wildman–Crippen MR) is 173 cm³/mol. The lowest BCUT2D eigenvalue weighted by molar-refractivity contribution is -0.479. The molecular formula is C24H37Cl4N5O18. The highest BCUT2D eigenvalue weighted by Crippen LogP contribution is 2.29. The first-order valence-corrected chi connectivity index (χ1v) is 16.1. The van der Waals surface area contributed by atoms with Crippen LogP contribution < -0.4 is 0 Å². The molecule has 1 rings (SSSR count). The Morgan fingerprint density at radius 3 is 1.29 bits per heavy atom. The maximum absolute atomic E-state index is 12.3. The lowest BCUT2D eigenvalue weighted by Gasteiger charge is -2.42. The molecule has 0 spiro atoms. The Kier molecular flexibility index (Phi) is 27.4. The number of esters is 4. The maximum atomic E-state index is 12.3. The summed E-state index contributed by atoms with van der Waals surface area (Å²) in [4.78, 5) is 89.4. The van der Waals surface area contributed by atoms with E-state index in [0.717, 1.165) is 19.6 Å². The number of ether oxygens (including phenoxy) is 5. The zero-order chi connectivity index (χ0) is 38.2. The molecule has 23 nitrogen and oxygen atoms in total. The van der Waals surface area contributed by atoms with E-state index < -0.39 is 133 Å². The largest absolute Gasteiger partial charge is 0.463 e. The van der Waals surface area contributed by atoms with Gasteiger partial charge in [0.25, 0.3) is 0 Å². The molecule has 1 heterocycles. The second-order valence-electron chi connectivity index (χ2n) is 9.75. The van der Waals surface area contributed by atoms with Crippen LogP contribution in [0.5, 0.6) is 0 Å². The van der Waals surface area contributed by atoms with Crippen molar-refractivity contribution in [3.8, 4) is 0 Å². The summed E-state index contributed by atoms with van der Waals surface area (Å²) in [6, 6.07) is 0. The Bertz CT molecular complexity index is 1140. The van der Waals surface area contributed by atoms with Crippen molar-refractivity contribution in [3.05, 3.63) is 40.5 Å². The number of halogens is 4. The quantitative estimate of drug-likeness (QED) is 0.0468. The van der Waals surface area contributed by atoms with Crippen molar-refractivity contribution in [1.29, 1.82) is 0 Å². The average molecular weight is 825 g/mol. The second-order valence-corrected chi connectivity index (χ2v) is 10.9. The number of carbonyl (C=O) groups is 4. The van der Waals surface area contributed by atoms with Crippen LogP contribution in [0.2, 0.25) is 0 Å². The van der Waals surface area contributed by atoms with E-state index in [9.17, 15) is 64.7 Å². The third-order valence-electron chi connectivity index (χ3n) is 6.02. The standard InChI is InChI=1S/C18H24N4O18.C6H12Cl3N.ClH/c23-11(1-5-19(28)29)36-9-10-15(38-12(24)2-6-20(30)31)16(39-13(25)3-7-21(32)33)17(18(27)37-10)40-14(26)4-8-22(34)35;7-1-4-10(5-2-8)6-3-9;/h10,15-18,27H,1-9H2;1-6H2;1H. The van der Waals surface area contributed by atoms with Gasteiger partial charge in [-0.15, -0.1) is 47.2 Å². The molecule has 1 aliphatic rings. The Balaban J connectivity index is 0. The number of hydrogen-bond acceptors (Lipinski definition) is 19. The van der Waals surface area contributed by atoms with Crippen LogP contribution in [0.15, 0.2) is 0 Å². The lowest BCUT2D eigenvalue weighted by atomic mass is 9.98. The third-order valence-corrected chi connectivity index (χ3v) is 6.52. The molecule has 0 aromatic heterocycles. The molecule has 0 radical (unpaired) electrons. The van der Waals surface area contributed by atoms with Crippen molar-refractivity contribution in [3.63, 3.8) is 0 Å². The van der Waals surface area contributed by atoms with Gasteiger partial charge in [0.15, 0.2) is 24.6 Å². The molecule has 0 aliphatic carbocycles. The SMILES string of the molecule is Cl.ClCCN(CCCl)CCCl.O=C(CC[N+](=O)[O-])OCC1OC(O)C(OC(=O)CC[N+](=O)[O-])C(OC(=O)CC[N+](=O)[O-])C1OC(=O)CC[N+](=O)[O-]. The number of carbonyl (C=O) groups excluding carboxylic acids is 4. The number of aliphatic hydroxyl groups excluding tert-OH is 1. The molecule has 0 aromatic carbocycles. The molecule has 1 saturated heterocycles. The van der Waals surface area contributed by atoms with Gasteiger partial charge >= 0.3 is 23.9 Å². The fourth-order valence-electron chi connectivity index (χ4n) is 3.73. The summed E-state index contributed by atoms with van der Waals surface area (Å²) < 4.78 is 25.1. The molecular weight excluding hydrogens is 788 g/mol. The summed E-state index contributed by atoms with van der Waals surface area (Å²) in [5.41, 5.74) is 0. The van der Waals surface area contributed by atoms with Crippen molar-refractivity contribution in [2.75, 3.05) is 70.1 Å². The van der Waals surface area contributed by atoms with E-state index in [-0.39, 0.29) is 12.4 Å². The lowest BCUT2D eigenvalue weighted by Crippen LogP contribution is -2.62. The molecule has 0 saturated carbocycles. The van der Waals surface area contributed by atoms with E-state index in [0.29, 0.717) is 17.6 Å². The normalized spacial score (nSPS) is 19.3. The maximum Gasteiger partial charge on any atom is 0.313 e. The molecule has 1 N–H and O–H groups in total. The summed E-state index contributed by atoms with van der Waals surface area (Å²) in [7, 11) is 0. The van der Waals surface area contributed by atoms with Gasteiger partial charge in [-0.25, -0.2) is 0 Å². The van der Waals surface area contributed by atoms with Gasteiger partial charge in [-0.1, -0.05) is 0 Å². The summed E-state index contributed by atoms with van der Waals surface area (Å²) >= 11 is 16.6. The fourth-order valence-corrected chi connectivity index (χ4v) is 4.45. The zero-order valence-corrected chi connectivity index (χ0v) is 29.7. The van der Waals surface area contributed by atoms with E-state index in [2.05, 4.69) is 4.90 Å². The number of nitro groups is 4. The van der Waals surface area contributed by atoms with Crippen molar-refractivity contribution >= 4 is 71.1 Å². The van der Waals surface area contributed by atoms with Crippen molar-refractivity contribution in [2.24, 2.45) is 0 Å². The highest BCUT2D eigenvalue weighted by atomic mass is 35.5. The summed E-state index contributed by atoms with van der Waals surface area (Å²) in [5.74, 6) is -3.12. The van der Waals surface area contributed by atoms with Gasteiger partial charge in [0.05, 0.1) is 0 Å². The van der Waals surface area contributed by atoms with E-state index in [1.54, 1.807) is 0 Å². The summed E-state index contributed by atoms with van der Waals surface area (Å²) in [6.07, 6.45) is -13.2. The number of hydrogen-bond donors (Lipinski definition) is 1. The number of nitrogens with zero attached hydrogens (tertiary/aromatic N) is 5. The molecule has 27 heteroatoms. The molecule has 0 amide bonds. The fraction of sp³-hybridized carbons (Fsp3) is 0.833. The number of alkyl halides is 3. The van der Waals surface area contributed by atoms with Crippen LogP contribution in [-0.4, -0.2) is 154 Å². The molecule has 1 aliphatic heterocycles. The van der Waals surface area contributed by atoms with E-state index >= 15 is 0 Å². The second kappa shape index (κ2) is 28.1. The minimum absolute atomic E-state index is 0. The van der Waals surface area contributed by atoms with Crippen LogP contribution in [0.3, 0.4) is 0 Å². The topological polar surface area (TPSA) is 310 Å². The highest BCUT2D eigenvalue weighted by molar-refractivity contribution is 6.18. The Labute approximate surface area is 310 Å². The molecule has 0 bridgehead atoms. The van der Waals surface area contributed by atoms with Gasteiger partial charge in [0.1, 0.15) is 38.4 Å². The third kappa shape index (κ3) is 23.6. The first kappa shape index (κ1) is 49.6. The zero-order valence-electron chi connectivity index (χ0n) is 26.7. The van der Waals surface area contributed by atoms with E-state index in [4.69, 9.17) is 58.5 Å². The van der Waals surface area contributed by atoms with Gasteiger partial charge in [-0.05, 0) is 0 Å². The molecule has 5 unspecified atom stereocenters. The van der Waals surface area contributed by atoms with Crippen molar-refractivity contribution in [1.82, 2.24) is 4.90 Å². The summed E-state index contributed by atoms with van der Waals surface area (Å²) in [5, 5.41) is 52.7. The monoisotopic (exact) mass is 823 g/mol. The van der Waals surface area contributed by atoms with Gasteiger partial charge in [-0.2, -0.15) is 0 Å². The first-order chi connectivity index (χ1) is 23.5. The summed E-state index contributed by atoms with van der Waals surface area (Å²) in [6.45, 7) is -1.83. The van der Waals surface area contributed by atoms with Crippen LogP contribution in [0, 0.1) is 40.5 Å². The average Bonchev–Trinajstić information content (AvgIpc) is 3.03.